The molecule has 0 heterocycles. The fourth-order valence-electron chi connectivity index (χ4n) is 1.40. The molecule has 0 amide bonds. The van der Waals surface area contributed by atoms with E-state index < -0.39 is 0 Å². The first-order valence-electron chi connectivity index (χ1n) is 5.80. The van der Waals surface area contributed by atoms with E-state index in [0.29, 0.717) is 38.5 Å². The van der Waals surface area contributed by atoms with Crippen LogP contribution in [0, 0.1) is 0 Å². The quantitative estimate of drug-likeness (QED) is 0.552. The summed E-state index contributed by atoms with van der Waals surface area (Å²) in [6, 6.07) is 7.16. The highest BCUT2D eigenvalue weighted by atomic mass is 16.5. The lowest BCUT2D eigenvalue weighted by Crippen LogP contribution is -2.12. The van der Waals surface area contributed by atoms with Gasteiger partial charge in [-0.25, -0.2) is 4.79 Å². The van der Waals surface area contributed by atoms with Crippen molar-refractivity contribution in [2.75, 3.05) is 33.5 Å². The van der Waals surface area contributed by atoms with Crippen molar-refractivity contribution in [1.82, 2.24) is 0 Å². The van der Waals surface area contributed by atoms with E-state index in [1.165, 1.54) is 7.11 Å². The summed E-state index contributed by atoms with van der Waals surface area (Å²) in [5.74, 6) is -0.344. The van der Waals surface area contributed by atoms with Gasteiger partial charge in [-0.3, -0.25) is 0 Å². The molecule has 0 fully saturated rings. The second-order valence-electron chi connectivity index (χ2n) is 3.65. The highest BCUT2D eigenvalue weighted by Crippen LogP contribution is 2.07. The third-order valence-electron chi connectivity index (χ3n) is 2.25. The molecule has 0 aliphatic carbocycles. The summed E-state index contributed by atoms with van der Waals surface area (Å²) in [5.41, 5.74) is 6.74. The van der Waals surface area contributed by atoms with Crippen LogP contribution in [0.2, 0.25) is 0 Å². The fourth-order valence-corrected chi connectivity index (χ4v) is 1.40. The zero-order valence-corrected chi connectivity index (χ0v) is 10.6. The number of nitrogens with two attached hydrogens (primary N) is 1. The van der Waals surface area contributed by atoms with E-state index in [-0.39, 0.29) is 5.97 Å². The topological polar surface area (TPSA) is 70.8 Å². The van der Waals surface area contributed by atoms with Gasteiger partial charge in [0.25, 0.3) is 0 Å². The molecule has 100 valence electrons. The van der Waals surface area contributed by atoms with Gasteiger partial charge in [0.15, 0.2) is 0 Å². The van der Waals surface area contributed by atoms with Gasteiger partial charge in [0.2, 0.25) is 0 Å². The van der Waals surface area contributed by atoms with E-state index >= 15 is 0 Å². The molecule has 0 bridgehead atoms. The molecule has 0 aromatic heterocycles. The van der Waals surface area contributed by atoms with Crippen LogP contribution in [0.5, 0.6) is 0 Å². The minimum Gasteiger partial charge on any atom is -0.465 e. The SMILES string of the molecule is COC(=O)c1cccc(COCCOCCN)c1. The number of hydrogen-bond donors (Lipinski definition) is 1. The third kappa shape index (κ3) is 5.27. The minimum absolute atomic E-state index is 0.344. The van der Waals surface area contributed by atoms with Gasteiger partial charge in [-0.15, -0.1) is 0 Å². The van der Waals surface area contributed by atoms with Crippen molar-refractivity contribution in [1.29, 1.82) is 0 Å². The zero-order valence-electron chi connectivity index (χ0n) is 10.6. The summed E-state index contributed by atoms with van der Waals surface area (Å²) in [6.45, 7) is 2.52. The normalized spacial score (nSPS) is 10.3. The maximum absolute atomic E-state index is 11.3. The molecule has 0 aliphatic heterocycles. The van der Waals surface area contributed by atoms with Gasteiger partial charge >= 0.3 is 5.97 Å². The predicted octanol–water partition coefficient (Wildman–Crippen LogP) is 0.965. The van der Waals surface area contributed by atoms with Crippen LogP contribution in [0.1, 0.15) is 15.9 Å². The maximum atomic E-state index is 11.3. The summed E-state index contributed by atoms with van der Waals surface area (Å²) in [6.07, 6.45) is 0. The summed E-state index contributed by atoms with van der Waals surface area (Å²) >= 11 is 0. The molecular formula is C13H19NO4. The number of methoxy groups -OCH3 is 1. The van der Waals surface area contributed by atoms with Crippen LogP contribution in [0.25, 0.3) is 0 Å². The van der Waals surface area contributed by atoms with Gasteiger partial charge in [0, 0.05) is 6.54 Å². The first-order chi connectivity index (χ1) is 8.77. The number of rotatable bonds is 8. The van der Waals surface area contributed by atoms with Crippen LogP contribution < -0.4 is 5.73 Å². The summed E-state index contributed by atoms with van der Waals surface area (Å²) < 4.78 is 15.2. The van der Waals surface area contributed by atoms with Crippen LogP contribution in [-0.4, -0.2) is 39.4 Å². The van der Waals surface area contributed by atoms with Crippen molar-refractivity contribution < 1.29 is 19.0 Å². The van der Waals surface area contributed by atoms with Gasteiger partial charge in [-0.2, -0.15) is 0 Å². The minimum atomic E-state index is -0.344. The highest BCUT2D eigenvalue weighted by Gasteiger charge is 2.05. The number of esters is 1. The lowest BCUT2D eigenvalue weighted by atomic mass is 10.1. The Bertz CT molecular complexity index is 368. The first kappa shape index (κ1) is 14.6. The molecule has 0 aliphatic rings. The molecular weight excluding hydrogens is 234 g/mol. The van der Waals surface area contributed by atoms with Gasteiger partial charge in [-0.1, -0.05) is 12.1 Å². The second-order valence-corrected chi connectivity index (χ2v) is 3.65. The van der Waals surface area contributed by atoms with Crippen LogP contribution in [0.3, 0.4) is 0 Å². The molecule has 2 N–H and O–H groups in total. The third-order valence-corrected chi connectivity index (χ3v) is 2.25. The molecule has 0 saturated heterocycles. The van der Waals surface area contributed by atoms with Crippen molar-refractivity contribution in [2.45, 2.75) is 6.61 Å². The van der Waals surface area contributed by atoms with Gasteiger partial charge in [-0.05, 0) is 17.7 Å². The van der Waals surface area contributed by atoms with E-state index in [4.69, 9.17) is 15.2 Å². The predicted molar refractivity (Wildman–Crippen MR) is 67.3 cm³/mol. The molecule has 5 heteroatoms. The van der Waals surface area contributed by atoms with E-state index in [2.05, 4.69) is 4.74 Å². The van der Waals surface area contributed by atoms with E-state index in [1.54, 1.807) is 18.2 Å². The zero-order chi connectivity index (χ0) is 13.2. The number of ether oxygens (including phenoxy) is 3. The average Bonchev–Trinajstić information content (AvgIpc) is 2.42. The Hall–Kier alpha value is -1.43. The Balaban J connectivity index is 2.32. The summed E-state index contributed by atoms with van der Waals surface area (Å²) in [5, 5.41) is 0. The highest BCUT2D eigenvalue weighted by molar-refractivity contribution is 5.89. The lowest BCUT2D eigenvalue weighted by molar-refractivity contribution is 0.0432. The summed E-state index contributed by atoms with van der Waals surface area (Å²) in [7, 11) is 1.36. The van der Waals surface area contributed by atoms with E-state index in [0.717, 1.165) is 5.56 Å². The van der Waals surface area contributed by atoms with Crippen molar-refractivity contribution >= 4 is 5.97 Å². The molecule has 18 heavy (non-hydrogen) atoms. The van der Waals surface area contributed by atoms with Gasteiger partial charge in [0.1, 0.15) is 0 Å². The smallest absolute Gasteiger partial charge is 0.337 e. The van der Waals surface area contributed by atoms with Crippen LogP contribution in [-0.2, 0) is 20.8 Å². The maximum Gasteiger partial charge on any atom is 0.337 e. The first-order valence-corrected chi connectivity index (χ1v) is 5.80. The molecule has 0 atom stereocenters. The van der Waals surface area contributed by atoms with Crippen molar-refractivity contribution in [3.05, 3.63) is 35.4 Å². The Labute approximate surface area is 107 Å². The Morgan fingerprint density at radius 3 is 2.72 bits per heavy atom. The largest absolute Gasteiger partial charge is 0.465 e. The lowest BCUT2D eigenvalue weighted by Gasteiger charge is -2.06. The molecule has 0 spiro atoms. The number of hydrogen-bond acceptors (Lipinski definition) is 5. The van der Waals surface area contributed by atoms with Crippen molar-refractivity contribution in [3.63, 3.8) is 0 Å². The molecule has 0 unspecified atom stereocenters. The second kappa shape index (κ2) is 8.63. The number of carbonyl (C=O) groups excluding carboxylic acids is 1. The molecule has 5 nitrogen and oxygen atoms in total. The fraction of sp³-hybridized carbons (Fsp3) is 0.462. The van der Waals surface area contributed by atoms with Crippen molar-refractivity contribution in [2.24, 2.45) is 5.73 Å². The molecule has 1 aromatic carbocycles. The van der Waals surface area contributed by atoms with Crippen LogP contribution >= 0.6 is 0 Å². The van der Waals surface area contributed by atoms with E-state index in [1.807, 2.05) is 6.07 Å². The Kier molecular flexibility index (Phi) is 7.01. The van der Waals surface area contributed by atoms with E-state index in [9.17, 15) is 4.79 Å². The van der Waals surface area contributed by atoms with Gasteiger partial charge < -0.3 is 19.9 Å². The van der Waals surface area contributed by atoms with Crippen LogP contribution in [0.4, 0.5) is 0 Å². The molecule has 0 radical (unpaired) electrons. The Morgan fingerprint density at radius 2 is 2.00 bits per heavy atom. The average molecular weight is 253 g/mol. The Morgan fingerprint density at radius 1 is 1.22 bits per heavy atom. The molecule has 0 saturated carbocycles. The number of benzene rings is 1. The monoisotopic (exact) mass is 253 g/mol. The molecule has 1 aromatic rings. The van der Waals surface area contributed by atoms with Crippen LogP contribution in [0.15, 0.2) is 24.3 Å². The summed E-state index contributed by atoms with van der Waals surface area (Å²) in [4.78, 5) is 11.3. The van der Waals surface area contributed by atoms with Gasteiger partial charge in [0.05, 0.1) is 39.1 Å². The molecule has 1 rings (SSSR count). The van der Waals surface area contributed by atoms with Crippen molar-refractivity contribution in [3.8, 4) is 0 Å². The standard InChI is InChI=1S/C13H19NO4/c1-16-13(15)12-4-2-3-11(9-12)10-18-8-7-17-6-5-14/h2-4,9H,5-8,10,14H2,1H3. The number of carbonyl (C=O) groups is 1.